The number of nitrogens with zero attached hydrogens (tertiary/aromatic N) is 1. The molecule has 0 aliphatic rings. The topological polar surface area (TPSA) is 68.3 Å². The molecule has 0 saturated carbocycles. The molecule has 92 valence electrons. The molecule has 1 aromatic rings. The van der Waals surface area contributed by atoms with E-state index in [1.165, 1.54) is 0 Å². The molecule has 2 N–H and O–H groups in total. The highest BCUT2D eigenvalue weighted by Gasteiger charge is 2.17. The van der Waals surface area contributed by atoms with Gasteiger partial charge in [0.25, 0.3) is 0 Å². The van der Waals surface area contributed by atoms with E-state index in [4.69, 9.17) is 20.5 Å². The van der Waals surface area contributed by atoms with E-state index in [-0.39, 0.29) is 5.41 Å². The summed E-state index contributed by atoms with van der Waals surface area (Å²) in [5.74, 6) is 1.20. The van der Waals surface area contributed by atoms with Gasteiger partial charge in [-0.25, -0.2) is 0 Å². The van der Waals surface area contributed by atoms with Crippen LogP contribution < -0.4 is 15.2 Å². The molecule has 1 rings (SSSR count). The van der Waals surface area contributed by atoms with Crippen molar-refractivity contribution in [2.45, 2.75) is 13.8 Å². The number of hydrogen-bond donors (Lipinski definition) is 1. The van der Waals surface area contributed by atoms with Gasteiger partial charge in [0.2, 0.25) is 0 Å². The van der Waals surface area contributed by atoms with Crippen molar-refractivity contribution in [2.75, 3.05) is 20.3 Å². The predicted molar refractivity (Wildman–Crippen MR) is 66.0 cm³/mol. The zero-order valence-electron chi connectivity index (χ0n) is 10.5. The lowest BCUT2D eigenvalue weighted by molar-refractivity contribution is 0.181. The van der Waals surface area contributed by atoms with E-state index in [2.05, 4.69) is 6.07 Å². The Labute approximate surface area is 102 Å². The third-order valence-corrected chi connectivity index (χ3v) is 2.46. The van der Waals surface area contributed by atoms with E-state index in [0.717, 1.165) is 0 Å². The van der Waals surface area contributed by atoms with Gasteiger partial charge in [-0.3, -0.25) is 0 Å². The fourth-order valence-electron chi connectivity index (χ4n) is 1.19. The van der Waals surface area contributed by atoms with Crippen LogP contribution in [0.15, 0.2) is 18.2 Å². The number of nitrogens with two attached hydrogens (primary N) is 1. The smallest absolute Gasteiger partial charge is 0.162 e. The maximum Gasteiger partial charge on any atom is 0.162 e. The third kappa shape index (κ3) is 3.65. The van der Waals surface area contributed by atoms with E-state index in [0.29, 0.717) is 30.2 Å². The fourth-order valence-corrected chi connectivity index (χ4v) is 1.19. The number of nitriles is 1. The predicted octanol–water partition coefficient (Wildman–Crippen LogP) is 1.93. The normalized spacial score (nSPS) is 10.8. The van der Waals surface area contributed by atoms with Gasteiger partial charge in [0, 0.05) is 18.0 Å². The Kier molecular flexibility index (Phi) is 4.36. The minimum atomic E-state index is -0.104. The maximum atomic E-state index is 8.83. The Bertz CT molecular complexity index is 422. The zero-order valence-corrected chi connectivity index (χ0v) is 10.5. The quantitative estimate of drug-likeness (QED) is 0.845. The maximum absolute atomic E-state index is 8.83. The SMILES string of the molecule is COc1ccc(C#N)cc1OCC(C)(C)CN. The third-order valence-electron chi connectivity index (χ3n) is 2.46. The number of ether oxygens (including phenoxy) is 2. The minimum absolute atomic E-state index is 0.104. The highest BCUT2D eigenvalue weighted by Crippen LogP contribution is 2.29. The van der Waals surface area contributed by atoms with Crippen LogP contribution in [0.3, 0.4) is 0 Å². The van der Waals surface area contributed by atoms with Gasteiger partial charge in [0.1, 0.15) is 0 Å². The summed E-state index contributed by atoms with van der Waals surface area (Å²) >= 11 is 0. The molecular weight excluding hydrogens is 216 g/mol. The van der Waals surface area contributed by atoms with Crippen LogP contribution in [0.2, 0.25) is 0 Å². The van der Waals surface area contributed by atoms with Crippen molar-refractivity contribution in [1.29, 1.82) is 5.26 Å². The van der Waals surface area contributed by atoms with Gasteiger partial charge in [-0.2, -0.15) is 5.26 Å². The van der Waals surface area contributed by atoms with E-state index in [9.17, 15) is 0 Å². The molecule has 1 aromatic carbocycles. The molecule has 0 saturated heterocycles. The summed E-state index contributed by atoms with van der Waals surface area (Å²) in [5.41, 5.74) is 6.08. The first-order valence-corrected chi connectivity index (χ1v) is 5.43. The van der Waals surface area contributed by atoms with E-state index < -0.39 is 0 Å². The molecule has 0 aliphatic carbocycles. The van der Waals surface area contributed by atoms with Gasteiger partial charge < -0.3 is 15.2 Å². The van der Waals surface area contributed by atoms with Crippen molar-refractivity contribution in [3.63, 3.8) is 0 Å². The highest BCUT2D eigenvalue weighted by atomic mass is 16.5. The Hall–Kier alpha value is -1.73. The highest BCUT2D eigenvalue weighted by molar-refractivity contribution is 5.46. The second kappa shape index (κ2) is 5.55. The minimum Gasteiger partial charge on any atom is -0.493 e. The van der Waals surface area contributed by atoms with Crippen LogP contribution in [0.4, 0.5) is 0 Å². The average Bonchev–Trinajstić information content (AvgIpc) is 2.36. The molecule has 0 heterocycles. The van der Waals surface area contributed by atoms with Crippen LogP contribution in [0, 0.1) is 16.7 Å². The van der Waals surface area contributed by atoms with E-state index in [1.807, 2.05) is 13.8 Å². The first-order valence-electron chi connectivity index (χ1n) is 5.43. The Morgan fingerprint density at radius 1 is 1.35 bits per heavy atom. The molecule has 4 nitrogen and oxygen atoms in total. The lowest BCUT2D eigenvalue weighted by Gasteiger charge is -2.23. The summed E-state index contributed by atoms with van der Waals surface area (Å²) < 4.78 is 10.8. The molecule has 0 amide bonds. The van der Waals surface area contributed by atoms with Crippen molar-refractivity contribution in [2.24, 2.45) is 11.1 Å². The molecule has 0 bridgehead atoms. The summed E-state index contributed by atoms with van der Waals surface area (Å²) in [6.45, 7) is 5.06. The summed E-state index contributed by atoms with van der Waals surface area (Å²) in [6, 6.07) is 7.16. The van der Waals surface area contributed by atoms with E-state index >= 15 is 0 Å². The van der Waals surface area contributed by atoms with Crippen LogP contribution in [-0.2, 0) is 0 Å². The van der Waals surface area contributed by atoms with Crippen LogP contribution in [0.1, 0.15) is 19.4 Å². The van der Waals surface area contributed by atoms with Crippen molar-refractivity contribution in [3.8, 4) is 17.6 Å². The van der Waals surface area contributed by atoms with Gasteiger partial charge in [-0.15, -0.1) is 0 Å². The Morgan fingerprint density at radius 3 is 2.59 bits per heavy atom. The molecule has 0 radical (unpaired) electrons. The standard InChI is InChI=1S/C13H18N2O2/c1-13(2,8-15)9-17-12-6-10(7-14)4-5-11(12)16-3/h4-6H,8-9,15H2,1-3H3. The summed E-state index contributed by atoms with van der Waals surface area (Å²) in [7, 11) is 1.57. The van der Waals surface area contributed by atoms with Crippen molar-refractivity contribution in [1.82, 2.24) is 0 Å². The van der Waals surface area contributed by atoms with Crippen molar-refractivity contribution >= 4 is 0 Å². The van der Waals surface area contributed by atoms with Crippen LogP contribution in [0.25, 0.3) is 0 Å². The van der Waals surface area contributed by atoms with Crippen LogP contribution in [-0.4, -0.2) is 20.3 Å². The molecule has 0 atom stereocenters. The molecule has 0 aliphatic heterocycles. The lowest BCUT2D eigenvalue weighted by atomic mass is 9.95. The number of rotatable bonds is 5. The molecule has 4 heteroatoms. The number of hydrogen-bond acceptors (Lipinski definition) is 4. The van der Waals surface area contributed by atoms with Crippen molar-refractivity contribution < 1.29 is 9.47 Å². The van der Waals surface area contributed by atoms with Gasteiger partial charge in [-0.1, -0.05) is 13.8 Å². The van der Waals surface area contributed by atoms with Gasteiger partial charge >= 0.3 is 0 Å². The second-order valence-corrected chi connectivity index (χ2v) is 4.63. The lowest BCUT2D eigenvalue weighted by Crippen LogP contribution is -2.30. The molecule has 0 fully saturated rings. The van der Waals surface area contributed by atoms with Crippen LogP contribution in [0.5, 0.6) is 11.5 Å². The number of methoxy groups -OCH3 is 1. The van der Waals surface area contributed by atoms with Crippen molar-refractivity contribution in [3.05, 3.63) is 23.8 Å². The fraction of sp³-hybridized carbons (Fsp3) is 0.462. The number of benzene rings is 1. The Morgan fingerprint density at radius 2 is 2.06 bits per heavy atom. The van der Waals surface area contributed by atoms with E-state index in [1.54, 1.807) is 25.3 Å². The molecule has 0 spiro atoms. The largest absolute Gasteiger partial charge is 0.493 e. The monoisotopic (exact) mass is 234 g/mol. The zero-order chi connectivity index (χ0) is 12.9. The molecule has 17 heavy (non-hydrogen) atoms. The van der Waals surface area contributed by atoms with Gasteiger partial charge in [0.05, 0.1) is 25.3 Å². The van der Waals surface area contributed by atoms with Crippen LogP contribution >= 0.6 is 0 Å². The summed E-state index contributed by atoms with van der Waals surface area (Å²) in [4.78, 5) is 0. The summed E-state index contributed by atoms with van der Waals surface area (Å²) in [6.07, 6.45) is 0. The molecular formula is C13H18N2O2. The van der Waals surface area contributed by atoms with Gasteiger partial charge in [-0.05, 0) is 12.1 Å². The first-order chi connectivity index (χ1) is 8.02. The first kappa shape index (κ1) is 13.3. The molecule has 0 aromatic heterocycles. The Balaban J connectivity index is 2.85. The summed E-state index contributed by atoms with van der Waals surface area (Å²) in [5, 5.41) is 8.83. The molecule has 0 unspecified atom stereocenters. The second-order valence-electron chi connectivity index (χ2n) is 4.63. The van der Waals surface area contributed by atoms with Gasteiger partial charge in [0.15, 0.2) is 11.5 Å². The average molecular weight is 234 g/mol.